The molecule has 0 heterocycles. The van der Waals surface area contributed by atoms with Gasteiger partial charge in [-0.25, -0.2) is 9.18 Å². The Kier molecular flexibility index (Phi) is 5.15. The second kappa shape index (κ2) is 5.59. The first-order chi connectivity index (χ1) is 6.40. The minimum atomic E-state index is -0.566. The van der Waals surface area contributed by atoms with Gasteiger partial charge in [-0.05, 0) is 26.8 Å². The van der Waals surface area contributed by atoms with Crippen molar-refractivity contribution >= 4 is 6.09 Å². The van der Waals surface area contributed by atoms with E-state index in [0.29, 0.717) is 6.33 Å². The number of amides is 1. The van der Waals surface area contributed by atoms with Crippen molar-refractivity contribution in [3.05, 3.63) is 12.4 Å². The molecule has 82 valence electrons. The minimum absolute atomic E-state index is 0.000741. The molecule has 1 amide bonds. The van der Waals surface area contributed by atoms with Crippen LogP contribution in [0.15, 0.2) is 12.4 Å². The Labute approximate surface area is 83.5 Å². The molecule has 0 saturated heterocycles. The molecule has 0 aliphatic carbocycles. The summed E-state index contributed by atoms with van der Waals surface area (Å²) in [4.78, 5) is 12.6. The van der Waals surface area contributed by atoms with Gasteiger partial charge in [0.2, 0.25) is 0 Å². The summed E-state index contributed by atoms with van der Waals surface area (Å²) in [5, 5.41) is 0. The van der Waals surface area contributed by atoms with Gasteiger partial charge in [0, 0.05) is 6.54 Å². The molecule has 0 fully saturated rings. The second-order valence-corrected chi connectivity index (χ2v) is 3.75. The van der Waals surface area contributed by atoms with Gasteiger partial charge in [0.25, 0.3) is 0 Å². The van der Waals surface area contributed by atoms with Gasteiger partial charge in [-0.2, -0.15) is 0 Å². The summed E-state index contributed by atoms with van der Waals surface area (Å²) in [6.07, 6.45) is 1.02. The summed E-state index contributed by atoms with van der Waals surface area (Å²) in [6.45, 7) is 5.38. The molecular weight excluding hydrogens is 187 g/mol. The first-order valence-corrected chi connectivity index (χ1v) is 4.34. The Balaban J connectivity index is 4.18. The van der Waals surface area contributed by atoms with Crippen LogP contribution in [0.25, 0.3) is 0 Å². The Morgan fingerprint density at radius 3 is 2.50 bits per heavy atom. The lowest BCUT2D eigenvalue weighted by Gasteiger charge is -2.25. The molecule has 5 heteroatoms. The maximum Gasteiger partial charge on any atom is 0.411 e. The lowest BCUT2D eigenvalue weighted by atomic mass is 10.2. The number of halogens is 1. The van der Waals surface area contributed by atoms with Crippen LogP contribution >= 0.6 is 0 Å². The van der Waals surface area contributed by atoms with Crippen molar-refractivity contribution in [1.29, 1.82) is 0 Å². The van der Waals surface area contributed by atoms with Crippen LogP contribution in [-0.4, -0.2) is 29.8 Å². The van der Waals surface area contributed by atoms with Crippen molar-refractivity contribution in [3.8, 4) is 0 Å². The lowest BCUT2D eigenvalue weighted by Crippen LogP contribution is -2.40. The number of nitrogens with two attached hydrogens (primary N) is 1. The highest BCUT2D eigenvalue weighted by molar-refractivity contribution is 5.68. The van der Waals surface area contributed by atoms with Crippen molar-refractivity contribution in [2.75, 3.05) is 13.2 Å². The van der Waals surface area contributed by atoms with Crippen molar-refractivity contribution in [2.24, 2.45) is 5.73 Å². The highest BCUT2D eigenvalue weighted by Crippen LogP contribution is 2.09. The summed E-state index contributed by atoms with van der Waals surface area (Å²) >= 11 is 0. The van der Waals surface area contributed by atoms with Gasteiger partial charge in [0.15, 0.2) is 0 Å². The zero-order valence-corrected chi connectivity index (χ0v) is 8.79. The number of carbonyl (C=O) groups excluding carboxylic acids is 1. The Morgan fingerprint density at radius 1 is 1.57 bits per heavy atom. The van der Waals surface area contributed by atoms with E-state index >= 15 is 0 Å². The topological polar surface area (TPSA) is 55.6 Å². The number of hydrogen-bond donors (Lipinski definition) is 1. The fourth-order valence-electron chi connectivity index (χ4n) is 0.717. The molecule has 0 aliphatic rings. The third-order valence-corrected chi connectivity index (χ3v) is 1.29. The average Bonchev–Trinajstić information content (AvgIpc) is 2.02. The van der Waals surface area contributed by atoms with Crippen molar-refractivity contribution < 1.29 is 13.9 Å². The second-order valence-electron chi connectivity index (χ2n) is 3.75. The van der Waals surface area contributed by atoms with Crippen molar-refractivity contribution in [1.82, 2.24) is 4.90 Å². The van der Waals surface area contributed by atoms with Crippen LogP contribution in [0.1, 0.15) is 20.8 Å². The van der Waals surface area contributed by atoms with Gasteiger partial charge >= 0.3 is 6.09 Å². The molecule has 0 saturated carbocycles. The van der Waals surface area contributed by atoms with Crippen LogP contribution in [0.3, 0.4) is 0 Å². The number of hydrogen-bond acceptors (Lipinski definition) is 3. The number of ether oxygens (including phenoxy) is 1. The van der Waals surface area contributed by atoms with Crippen LogP contribution in [0.4, 0.5) is 9.18 Å². The molecule has 14 heavy (non-hydrogen) atoms. The summed E-state index contributed by atoms with van der Waals surface area (Å²) in [7, 11) is 0. The monoisotopic (exact) mass is 204 g/mol. The van der Waals surface area contributed by atoms with Crippen LogP contribution in [0.2, 0.25) is 0 Å². The summed E-state index contributed by atoms with van der Waals surface area (Å²) in [5.41, 5.74) is 4.74. The van der Waals surface area contributed by atoms with Gasteiger partial charge in [-0.15, -0.1) is 0 Å². The zero-order chi connectivity index (χ0) is 11.2. The Bertz CT molecular complexity index is 211. The smallest absolute Gasteiger partial charge is 0.411 e. The number of nitrogens with zero attached hydrogens (tertiary/aromatic N) is 1. The molecular formula is C9H17FN2O2. The first kappa shape index (κ1) is 12.9. The molecule has 0 aliphatic heterocycles. The molecule has 0 atom stereocenters. The van der Waals surface area contributed by atoms with E-state index in [2.05, 4.69) is 0 Å². The zero-order valence-electron chi connectivity index (χ0n) is 8.79. The van der Waals surface area contributed by atoms with Gasteiger partial charge in [-0.1, -0.05) is 0 Å². The van der Waals surface area contributed by atoms with E-state index in [1.807, 2.05) is 0 Å². The fraction of sp³-hybridized carbons (Fsp3) is 0.667. The van der Waals surface area contributed by atoms with Gasteiger partial charge in [-0.3, -0.25) is 4.90 Å². The van der Waals surface area contributed by atoms with E-state index in [1.54, 1.807) is 20.8 Å². The molecule has 0 aromatic heterocycles. The largest absolute Gasteiger partial charge is 0.444 e. The first-order valence-electron chi connectivity index (χ1n) is 4.34. The molecule has 0 bridgehead atoms. The quantitative estimate of drug-likeness (QED) is 0.711. The molecule has 0 rings (SSSR count). The molecule has 0 unspecified atom stereocenters. The molecule has 0 spiro atoms. The fourth-order valence-corrected chi connectivity index (χ4v) is 0.717. The Morgan fingerprint density at radius 2 is 2.14 bits per heavy atom. The van der Waals surface area contributed by atoms with Gasteiger partial charge in [0.1, 0.15) is 5.60 Å². The van der Waals surface area contributed by atoms with Crippen LogP contribution in [-0.2, 0) is 4.74 Å². The lowest BCUT2D eigenvalue weighted by molar-refractivity contribution is 0.0276. The maximum atomic E-state index is 11.7. The number of carbonyl (C=O) groups is 1. The number of rotatable bonds is 3. The molecule has 0 aromatic carbocycles. The summed E-state index contributed by atoms with van der Waals surface area (Å²) in [5.74, 6) is 0. The van der Waals surface area contributed by atoms with Crippen molar-refractivity contribution in [2.45, 2.75) is 26.4 Å². The van der Waals surface area contributed by atoms with Crippen molar-refractivity contribution in [3.63, 3.8) is 0 Å². The standard InChI is InChI=1S/C9H17FN2O2/c1-9(2,3)14-8(13)12(7-11)6-4-5-10/h4-5H,6-7,11H2,1-3H3/b5-4+. The molecule has 0 radical (unpaired) electrons. The molecule has 0 aromatic rings. The normalized spacial score (nSPS) is 11.8. The SMILES string of the molecule is CC(C)(C)OC(=O)N(CN)C/C=C/F. The maximum absolute atomic E-state index is 11.7. The summed E-state index contributed by atoms with van der Waals surface area (Å²) in [6, 6.07) is 0. The van der Waals surface area contributed by atoms with E-state index < -0.39 is 11.7 Å². The van der Waals surface area contributed by atoms with Crippen LogP contribution < -0.4 is 5.73 Å². The minimum Gasteiger partial charge on any atom is -0.444 e. The predicted molar refractivity (Wildman–Crippen MR) is 52.2 cm³/mol. The van der Waals surface area contributed by atoms with E-state index in [0.717, 1.165) is 0 Å². The highest BCUT2D eigenvalue weighted by Gasteiger charge is 2.20. The van der Waals surface area contributed by atoms with E-state index in [-0.39, 0.29) is 13.2 Å². The van der Waals surface area contributed by atoms with Crippen LogP contribution in [0.5, 0.6) is 0 Å². The Hall–Kier alpha value is -1.10. The average molecular weight is 204 g/mol. The third kappa shape index (κ3) is 5.53. The highest BCUT2D eigenvalue weighted by atomic mass is 19.1. The van der Waals surface area contributed by atoms with Gasteiger partial charge < -0.3 is 10.5 Å². The van der Waals surface area contributed by atoms with E-state index in [4.69, 9.17) is 10.5 Å². The third-order valence-electron chi connectivity index (χ3n) is 1.29. The summed E-state index contributed by atoms with van der Waals surface area (Å²) < 4.78 is 16.7. The van der Waals surface area contributed by atoms with Gasteiger partial charge in [0.05, 0.1) is 13.0 Å². The predicted octanol–water partition coefficient (Wildman–Crippen LogP) is 1.62. The van der Waals surface area contributed by atoms with Crippen LogP contribution in [0, 0.1) is 0 Å². The molecule has 4 nitrogen and oxygen atoms in total. The van der Waals surface area contributed by atoms with E-state index in [9.17, 15) is 9.18 Å². The molecule has 2 N–H and O–H groups in total. The van der Waals surface area contributed by atoms with E-state index in [1.165, 1.54) is 11.0 Å².